The second kappa shape index (κ2) is 10.3. The summed E-state index contributed by atoms with van der Waals surface area (Å²) in [5, 5.41) is 2.82. The maximum Gasteiger partial charge on any atom is 0.332 e. The number of urea groups is 1. The van der Waals surface area contributed by atoms with Crippen LogP contribution in [0, 0.1) is 0 Å². The number of imide groups is 1. The molecule has 7 heteroatoms. The summed E-state index contributed by atoms with van der Waals surface area (Å²) in [7, 11) is 1.58. The predicted octanol–water partition coefficient (Wildman–Crippen LogP) is 4.75. The Kier molecular flexibility index (Phi) is 7.07. The molecular formula is C26H29N3O4. The smallest absolute Gasteiger partial charge is 0.332 e. The summed E-state index contributed by atoms with van der Waals surface area (Å²) in [6.07, 6.45) is 7.31. The van der Waals surface area contributed by atoms with Crippen LogP contribution in [0.5, 0.6) is 5.75 Å². The van der Waals surface area contributed by atoms with Gasteiger partial charge < -0.3 is 15.0 Å². The van der Waals surface area contributed by atoms with Gasteiger partial charge in [-0.1, -0.05) is 29.8 Å². The molecule has 1 aliphatic heterocycles. The molecule has 172 valence electrons. The van der Waals surface area contributed by atoms with E-state index in [2.05, 4.69) is 11.4 Å². The van der Waals surface area contributed by atoms with Crippen molar-refractivity contribution in [1.29, 1.82) is 0 Å². The third-order valence-corrected chi connectivity index (χ3v) is 6.14. The molecule has 1 aliphatic carbocycles. The van der Waals surface area contributed by atoms with Gasteiger partial charge in [-0.3, -0.25) is 9.59 Å². The summed E-state index contributed by atoms with van der Waals surface area (Å²) < 4.78 is 5.14. The number of benzene rings is 2. The Morgan fingerprint density at radius 1 is 1.06 bits per heavy atom. The number of nitrogens with zero attached hydrogens (tertiary/aromatic N) is 2. The number of amides is 4. The van der Waals surface area contributed by atoms with Crippen molar-refractivity contribution in [2.45, 2.75) is 44.6 Å². The first-order valence-corrected chi connectivity index (χ1v) is 11.4. The molecule has 33 heavy (non-hydrogen) atoms. The molecular weight excluding hydrogens is 418 g/mol. The minimum atomic E-state index is -0.833. The van der Waals surface area contributed by atoms with Gasteiger partial charge in [-0.15, -0.1) is 0 Å². The van der Waals surface area contributed by atoms with Gasteiger partial charge in [0.1, 0.15) is 11.8 Å². The zero-order valence-electron chi connectivity index (χ0n) is 18.8. The summed E-state index contributed by atoms with van der Waals surface area (Å²) in [5.41, 5.74) is 2.45. The van der Waals surface area contributed by atoms with Gasteiger partial charge in [0.15, 0.2) is 0 Å². The first-order chi connectivity index (χ1) is 16.1. The largest absolute Gasteiger partial charge is 0.497 e. The number of anilines is 2. The zero-order chi connectivity index (χ0) is 23.2. The maximum absolute atomic E-state index is 13.3. The number of allylic oxidation sites excluding steroid dienone is 1. The fourth-order valence-corrected chi connectivity index (χ4v) is 4.36. The quantitative estimate of drug-likeness (QED) is 0.468. The van der Waals surface area contributed by atoms with Crippen LogP contribution in [-0.2, 0) is 9.59 Å². The van der Waals surface area contributed by atoms with Crippen molar-refractivity contribution in [3.63, 3.8) is 0 Å². The van der Waals surface area contributed by atoms with E-state index in [0.717, 1.165) is 25.7 Å². The van der Waals surface area contributed by atoms with Gasteiger partial charge in [0.05, 0.1) is 19.2 Å². The Morgan fingerprint density at radius 3 is 2.48 bits per heavy atom. The molecule has 4 amide bonds. The molecule has 7 nitrogen and oxygen atoms in total. The van der Waals surface area contributed by atoms with Gasteiger partial charge in [0, 0.05) is 12.2 Å². The van der Waals surface area contributed by atoms with E-state index in [1.54, 1.807) is 60.5 Å². The van der Waals surface area contributed by atoms with Gasteiger partial charge in [-0.2, -0.15) is 0 Å². The minimum absolute atomic E-state index is 0.0982. The molecule has 0 saturated carbocycles. The van der Waals surface area contributed by atoms with E-state index in [1.165, 1.54) is 16.9 Å². The Bertz CT molecular complexity index is 1030. The van der Waals surface area contributed by atoms with Crippen LogP contribution in [0.15, 0.2) is 66.2 Å². The molecule has 1 saturated heterocycles. The van der Waals surface area contributed by atoms with E-state index >= 15 is 0 Å². The zero-order valence-corrected chi connectivity index (χ0v) is 18.8. The van der Waals surface area contributed by atoms with E-state index in [1.807, 2.05) is 6.07 Å². The first kappa shape index (κ1) is 22.6. The van der Waals surface area contributed by atoms with Crippen LogP contribution < -0.4 is 15.0 Å². The number of carbonyl (C=O) groups excluding carboxylic acids is 3. The highest BCUT2D eigenvalue weighted by molar-refractivity contribution is 6.22. The van der Waals surface area contributed by atoms with Crippen molar-refractivity contribution in [2.24, 2.45) is 0 Å². The topological polar surface area (TPSA) is 79.0 Å². The first-order valence-electron chi connectivity index (χ1n) is 11.4. The number of ether oxygens (including phenoxy) is 1. The van der Waals surface area contributed by atoms with Crippen molar-refractivity contribution in [3.05, 3.63) is 66.2 Å². The van der Waals surface area contributed by atoms with Crippen LogP contribution in [0.25, 0.3) is 0 Å². The van der Waals surface area contributed by atoms with Gasteiger partial charge in [-0.25, -0.2) is 9.69 Å². The highest BCUT2D eigenvalue weighted by atomic mass is 16.5. The van der Waals surface area contributed by atoms with Gasteiger partial charge in [0.2, 0.25) is 5.91 Å². The van der Waals surface area contributed by atoms with E-state index in [0.29, 0.717) is 23.7 Å². The van der Waals surface area contributed by atoms with E-state index in [-0.39, 0.29) is 24.3 Å². The minimum Gasteiger partial charge on any atom is -0.497 e. The van der Waals surface area contributed by atoms with Gasteiger partial charge in [0.25, 0.3) is 5.91 Å². The van der Waals surface area contributed by atoms with Crippen molar-refractivity contribution in [3.8, 4) is 5.75 Å². The van der Waals surface area contributed by atoms with Crippen LogP contribution >= 0.6 is 0 Å². The van der Waals surface area contributed by atoms with Crippen LogP contribution in [0.1, 0.15) is 38.5 Å². The molecule has 0 radical (unpaired) electrons. The number of para-hydroxylation sites is 1. The lowest BCUT2D eigenvalue weighted by molar-refractivity contribution is -0.124. The molecule has 2 aromatic rings. The molecule has 0 aromatic heterocycles. The molecule has 0 unspecified atom stereocenters. The number of nitrogens with one attached hydrogen (secondary N) is 1. The van der Waals surface area contributed by atoms with Crippen LogP contribution in [0.4, 0.5) is 16.2 Å². The number of rotatable bonds is 8. The summed E-state index contributed by atoms with van der Waals surface area (Å²) in [6.45, 7) is 0.417. The molecule has 1 heterocycles. The molecule has 1 atom stereocenters. The summed E-state index contributed by atoms with van der Waals surface area (Å²) in [6, 6.07) is 14.7. The Hall–Kier alpha value is -3.61. The Morgan fingerprint density at radius 2 is 1.82 bits per heavy atom. The van der Waals surface area contributed by atoms with E-state index < -0.39 is 6.04 Å². The standard InChI is InChI=1S/C26H29N3O4/c1-33-22-14-12-20(13-15-22)27-24(30)18-23-25(31)29(21-10-6-3-7-11-21)26(32)28(23)17-16-19-8-4-2-5-9-19/h3,6-8,10-15,23H,2,4-5,9,16-18H2,1H3,(H,27,30)/t23-/m1/s1. The number of hydrogen-bond acceptors (Lipinski definition) is 4. The Balaban J connectivity index is 1.50. The van der Waals surface area contributed by atoms with Crippen molar-refractivity contribution >= 4 is 29.2 Å². The van der Waals surface area contributed by atoms with Gasteiger partial charge in [-0.05, 0) is 68.5 Å². The van der Waals surface area contributed by atoms with E-state index in [4.69, 9.17) is 4.74 Å². The molecule has 1 N–H and O–H groups in total. The van der Waals surface area contributed by atoms with Crippen LogP contribution in [0.2, 0.25) is 0 Å². The Labute approximate surface area is 194 Å². The lowest BCUT2D eigenvalue weighted by atomic mass is 9.97. The van der Waals surface area contributed by atoms with E-state index in [9.17, 15) is 14.4 Å². The predicted molar refractivity (Wildman–Crippen MR) is 127 cm³/mol. The average molecular weight is 448 g/mol. The van der Waals surface area contributed by atoms with Crippen LogP contribution in [-0.4, -0.2) is 42.4 Å². The molecule has 0 spiro atoms. The number of hydrogen-bond donors (Lipinski definition) is 1. The van der Waals surface area contributed by atoms with Crippen LogP contribution in [0.3, 0.4) is 0 Å². The molecule has 2 aliphatic rings. The SMILES string of the molecule is COc1ccc(NC(=O)C[C@@H]2C(=O)N(c3ccccc3)C(=O)N2CCC2=CCCCC2)cc1. The molecule has 0 bridgehead atoms. The number of methoxy groups -OCH3 is 1. The fraction of sp³-hybridized carbons (Fsp3) is 0.346. The summed E-state index contributed by atoms with van der Waals surface area (Å²) in [4.78, 5) is 42.1. The average Bonchev–Trinajstić information content (AvgIpc) is 3.08. The maximum atomic E-state index is 13.3. The van der Waals surface area contributed by atoms with Gasteiger partial charge >= 0.3 is 6.03 Å². The third-order valence-electron chi connectivity index (χ3n) is 6.14. The second-order valence-corrected chi connectivity index (χ2v) is 8.34. The fourth-order valence-electron chi connectivity index (χ4n) is 4.36. The molecule has 4 rings (SSSR count). The monoisotopic (exact) mass is 447 g/mol. The lowest BCUT2D eigenvalue weighted by Crippen LogP contribution is -2.38. The summed E-state index contributed by atoms with van der Waals surface area (Å²) in [5.74, 6) is 0.00285. The number of carbonyl (C=O) groups is 3. The normalized spacial score (nSPS) is 18.3. The third kappa shape index (κ3) is 5.25. The molecule has 1 fully saturated rings. The van der Waals surface area contributed by atoms with Crippen molar-refractivity contribution in [2.75, 3.05) is 23.9 Å². The highest BCUT2D eigenvalue weighted by Gasteiger charge is 2.46. The molecule has 2 aromatic carbocycles. The highest BCUT2D eigenvalue weighted by Crippen LogP contribution is 2.29. The lowest BCUT2D eigenvalue weighted by Gasteiger charge is -2.23. The summed E-state index contributed by atoms with van der Waals surface area (Å²) >= 11 is 0. The van der Waals surface area contributed by atoms with Crippen molar-refractivity contribution < 1.29 is 19.1 Å². The second-order valence-electron chi connectivity index (χ2n) is 8.34. The van der Waals surface area contributed by atoms with Crippen molar-refractivity contribution in [1.82, 2.24) is 4.90 Å².